The van der Waals surface area contributed by atoms with Crippen molar-refractivity contribution < 1.29 is 4.74 Å². The van der Waals surface area contributed by atoms with E-state index in [1.165, 1.54) is 5.56 Å². The maximum atomic E-state index is 5.97. The minimum absolute atomic E-state index is 0.0460. The summed E-state index contributed by atoms with van der Waals surface area (Å²) in [7, 11) is 0. The van der Waals surface area contributed by atoms with E-state index >= 15 is 0 Å². The maximum Gasteiger partial charge on any atom is 0.0779 e. The Hall–Kier alpha value is -0.870. The second kappa shape index (κ2) is 5.19. The quantitative estimate of drug-likeness (QED) is 0.850. The zero-order chi connectivity index (χ0) is 12.3. The van der Waals surface area contributed by atoms with Crippen LogP contribution in [0.4, 0.5) is 0 Å². The molecule has 96 valence electrons. The van der Waals surface area contributed by atoms with Gasteiger partial charge < -0.3 is 10.1 Å². The van der Waals surface area contributed by atoms with E-state index in [2.05, 4.69) is 37.4 Å². The highest BCUT2D eigenvalue weighted by molar-refractivity contribution is 5.03. The lowest BCUT2D eigenvalue weighted by Gasteiger charge is -2.19. The van der Waals surface area contributed by atoms with Gasteiger partial charge in [-0.15, -0.1) is 0 Å². The van der Waals surface area contributed by atoms with Crippen molar-refractivity contribution in [2.24, 2.45) is 0 Å². The summed E-state index contributed by atoms with van der Waals surface area (Å²) in [5, 5.41) is 7.68. The lowest BCUT2D eigenvalue weighted by atomic mass is 10.1. The Morgan fingerprint density at radius 2 is 2.41 bits per heavy atom. The van der Waals surface area contributed by atoms with E-state index in [0.717, 1.165) is 32.5 Å². The second-order valence-electron chi connectivity index (χ2n) is 5.39. The predicted molar refractivity (Wildman–Crippen MR) is 67.8 cm³/mol. The van der Waals surface area contributed by atoms with Crippen LogP contribution in [-0.4, -0.2) is 28.0 Å². The third-order valence-electron chi connectivity index (χ3n) is 3.21. The number of nitrogens with zero attached hydrogens (tertiary/aromatic N) is 2. The Morgan fingerprint density at radius 1 is 1.59 bits per heavy atom. The van der Waals surface area contributed by atoms with Crippen molar-refractivity contribution in [3.05, 3.63) is 18.0 Å². The van der Waals surface area contributed by atoms with E-state index in [-0.39, 0.29) is 5.60 Å². The van der Waals surface area contributed by atoms with E-state index in [0.29, 0.717) is 6.10 Å². The first kappa shape index (κ1) is 12.6. The molecule has 17 heavy (non-hydrogen) atoms. The number of hydrogen-bond acceptors (Lipinski definition) is 3. The molecular formula is C13H23N3O. The zero-order valence-corrected chi connectivity index (χ0v) is 11.1. The summed E-state index contributed by atoms with van der Waals surface area (Å²) in [5.41, 5.74) is 1.29. The average Bonchev–Trinajstić information content (AvgIpc) is 2.83. The first-order chi connectivity index (χ1) is 8.09. The van der Waals surface area contributed by atoms with Gasteiger partial charge in [0, 0.05) is 18.3 Å². The Bertz CT molecular complexity index is 359. The van der Waals surface area contributed by atoms with Gasteiger partial charge in [-0.05, 0) is 33.2 Å². The Labute approximate surface area is 103 Å². The van der Waals surface area contributed by atoms with Crippen molar-refractivity contribution in [3.8, 4) is 0 Å². The molecule has 1 unspecified atom stereocenters. The molecule has 0 amide bonds. The van der Waals surface area contributed by atoms with E-state index in [1.54, 1.807) is 0 Å². The molecule has 1 atom stereocenters. The summed E-state index contributed by atoms with van der Waals surface area (Å²) in [5.74, 6) is 0. The molecule has 0 aliphatic carbocycles. The normalized spacial score (nSPS) is 23.1. The highest BCUT2D eigenvalue weighted by atomic mass is 16.5. The largest absolute Gasteiger partial charge is 0.370 e. The van der Waals surface area contributed by atoms with Gasteiger partial charge in [0.1, 0.15) is 0 Å². The van der Waals surface area contributed by atoms with Crippen molar-refractivity contribution in [1.29, 1.82) is 0 Å². The van der Waals surface area contributed by atoms with Crippen molar-refractivity contribution in [2.45, 2.75) is 58.4 Å². The highest BCUT2D eigenvalue weighted by Gasteiger charge is 2.31. The molecule has 0 saturated carbocycles. The van der Waals surface area contributed by atoms with Crippen LogP contribution in [0.2, 0.25) is 0 Å². The third kappa shape index (κ3) is 3.54. The minimum Gasteiger partial charge on any atom is -0.370 e. The van der Waals surface area contributed by atoms with Gasteiger partial charge in [0.2, 0.25) is 0 Å². The van der Waals surface area contributed by atoms with Gasteiger partial charge in [0.15, 0.2) is 0 Å². The topological polar surface area (TPSA) is 39.1 Å². The number of aromatic nitrogens is 2. The van der Waals surface area contributed by atoms with Gasteiger partial charge >= 0.3 is 0 Å². The van der Waals surface area contributed by atoms with Crippen LogP contribution in [0.15, 0.2) is 12.4 Å². The summed E-state index contributed by atoms with van der Waals surface area (Å²) in [4.78, 5) is 0. The third-order valence-corrected chi connectivity index (χ3v) is 3.21. The van der Waals surface area contributed by atoms with Crippen molar-refractivity contribution in [3.63, 3.8) is 0 Å². The smallest absolute Gasteiger partial charge is 0.0779 e. The van der Waals surface area contributed by atoms with E-state index in [9.17, 15) is 0 Å². The number of nitrogens with one attached hydrogen (secondary N) is 1. The lowest BCUT2D eigenvalue weighted by molar-refractivity contribution is -0.0229. The van der Waals surface area contributed by atoms with Crippen LogP contribution < -0.4 is 5.32 Å². The molecule has 4 heteroatoms. The molecule has 1 aromatic rings. The molecule has 0 aromatic carbocycles. The summed E-state index contributed by atoms with van der Waals surface area (Å²) < 4.78 is 7.97. The molecule has 0 spiro atoms. The average molecular weight is 237 g/mol. The standard InChI is InChI=1S/C13H23N3O/c1-4-14-7-11-8-15-16(9-11)10-12-5-6-13(2,3)17-12/h8-9,12,14H,4-7,10H2,1-3H3. The van der Waals surface area contributed by atoms with Gasteiger partial charge in [-0.1, -0.05) is 6.92 Å². The fourth-order valence-corrected chi connectivity index (χ4v) is 2.28. The molecular weight excluding hydrogens is 214 g/mol. The van der Waals surface area contributed by atoms with Crippen molar-refractivity contribution in [2.75, 3.05) is 6.54 Å². The van der Waals surface area contributed by atoms with E-state index in [1.807, 2.05) is 10.9 Å². The molecule has 0 radical (unpaired) electrons. The molecule has 0 bridgehead atoms. The first-order valence-corrected chi connectivity index (χ1v) is 6.49. The zero-order valence-electron chi connectivity index (χ0n) is 11.1. The SMILES string of the molecule is CCNCc1cnn(CC2CCC(C)(C)O2)c1. The number of rotatable bonds is 5. The molecule has 1 aliphatic heterocycles. The maximum absolute atomic E-state index is 5.97. The molecule has 1 fully saturated rings. The predicted octanol–water partition coefficient (Wildman–Crippen LogP) is 1.95. The minimum atomic E-state index is 0.0460. The summed E-state index contributed by atoms with van der Waals surface area (Å²) >= 11 is 0. The van der Waals surface area contributed by atoms with Gasteiger partial charge in [-0.3, -0.25) is 4.68 Å². The number of ether oxygens (including phenoxy) is 1. The monoisotopic (exact) mass is 237 g/mol. The molecule has 1 aliphatic rings. The summed E-state index contributed by atoms with van der Waals surface area (Å²) in [6, 6.07) is 0. The second-order valence-corrected chi connectivity index (χ2v) is 5.39. The van der Waals surface area contributed by atoms with Crippen LogP contribution >= 0.6 is 0 Å². The lowest BCUT2D eigenvalue weighted by Crippen LogP contribution is -2.23. The Balaban J connectivity index is 1.85. The molecule has 2 rings (SSSR count). The summed E-state index contributed by atoms with van der Waals surface area (Å²) in [6.45, 7) is 9.19. The van der Waals surface area contributed by atoms with Crippen molar-refractivity contribution >= 4 is 0 Å². The molecule has 1 N–H and O–H groups in total. The van der Waals surface area contributed by atoms with Gasteiger partial charge in [0.05, 0.1) is 24.4 Å². The van der Waals surface area contributed by atoms with Crippen LogP contribution in [0.3, 0.4) is 0 Å². The van der Waals surface area contributed by atoms with Crippen LogP contribution in [0.25, 0.3) is 0 Å². The van der Waals surface area contributed by atoms with Gasteiger partial charge in [0.25, 0.3) is 0 Å². The number of hydrogen-bond donors (Lipinski definition) is 1. The molecule has 1 aromatic heterocycles. The Morgan fingerprint density at radius 3 is 3.06 bits per heavy atom. The Kier molecular flexibility index (Phi) is 3.84. The van der Waals surface area contributed by atoms with Crippen LogP contribution in [0, 0.1) is 0 Å². The fourth-order valence-electron chi connectivity index (χ4n) is 2.28. The van der Waals surface area contributed by atoms with Crippen LogP contribution in [-0.2, 0) is 17.8 Å². The van der Waals surface area contributed by atoms with Crippen LogP contribution in [0.1, 0.15) is 39.2 Å². The van der Waals surface area contributed by atoms with Crippen molar-refractivity contribution in [1.82, 2.24) is 15.1 Å². The molecule has 2 heterocycles. The van der Waals surface area contributed by atoms with E-state index < -0.39 is 0 Å². The highest BCUT2D eigenvalue weighted by Crippen LogP contribution is 2.29. The summed E-state index contributed by atoms with van der Waals surface area (Å²) in [6.07, 6.45) is 6.63. The fraction of sp³-hybridized carbons (Fsp3) is 0.769. The van der Waals surface area contributed by atoms with Crippen LogP contribution in [0.5, 0.6) is 0 Å². The molecule has 1 saturated heterocycles. The van der Waals surface area contributed by atoms with Gasteiger partial charge in [-0.25, -0.2) is 0 Å². The first-order valence-electron chi connectivity index (χ1n) is 6.49. The molecule has 4 nitrogen and oxygen atoms in total. The van der Waals surface area contributed by atoms with Gasteiger partial charge in [-0.2, -0.15) is 5.10 Å². The van der Waals surface area contributed by atoms with E-state index in [4.69, 9.17) is 4.74 Å².